The van der Waals surface area contributed by atoms with E-state index < -0.39 is 11.9 Å². The van der Waals surface area contributed by atoms with Gasteiger partial charge < -0.3 is 10.6 Å². The van der Waals surface area contributed by atoms with Crippen molar-refractivity contribution in [2.45, 2.75) is 6.04 Å². The van der Waals surface area contributed by atoms with Crippen molar-refractivity contribution in [2.24, 2.45) is 0 Å². The molecule has 1 unspecified atom stereocenters. The van der Waals surface area contributed by atoms with Crippen molar-refractivity contribution in [1.82, 2.24) is 15.5 Å². The quantitative estimate of drug-likeness (QED) is 0.747. The second kappa shape index (κ2) is 10.0. The van der Waals surface area contributed by atoms with E-state index in [1.807, 2.05) is 17.0 Å². The Morgan fingerprint density at radius 3 is 2.67 bits per heavy atom. The Labute approximate surface area is 163 Å². The van der Waals surface area contributed by atoms with E-state index in [0.717, 1.165) is 12.1 Å². The Morgan fingerprint density at radius 2 is 1.93 bits per heavy atom. The third-order valence-corrected chi connectivity index (χ3v) is 4.22. The summed E-state index contributed by atoms with van der Waals surface area (Å²) < 4.78 is 13.5. The number of carbonyl (C=O) groups is 2. The van der Waals surface area contributed by atoms with Crippen LogP contribution in [0.25, 0.3) is 0 Å². The number of halogens is 2. The summed E-state index contributed by atoms with van der Waals surface area (Å²) in [4.78, 5) is 26.1. The fourth-order valence-corrected chi connectivity index (χ4v) is 3.01. The molecule has 3 rings (SSSR count). The molecule has 1 aliphatic heterocycles. The predicted octanol–water partition coefficient (Wildman–Crippen LogP) is 2.54. The SMILES string of the molecule is Cl.O=C(CN1CCNCC1c1cccc(F)c1)NC(=O)Nc1ccccc1. The molecule has 8 heteroatoms. The Kier molecular flexibility index (Phi) is 7.72. The van der Waals surface area contributed by atoms with Crippen molar-refractivity contribution in [3.63, 3.8) is 0 Å². The number of hydrogen-bond acceptors (Lipinski definition) is 4. The third-order valence-electron chi connectivity index (χ3n) is 4.22. The van der Waals surface area contributed by atoms with Crippen molar-refractivity contribution < 1.29 is 14.0 Å². The highest BCUT2D eigenvalue weighted by atomic mass is 35.5. The van der Waals surface area contributed by atoms with Crippen LogP contribution in [0.4, 0.5) is 14.9 Å². The minimum absolute atomic E-state index is 0. The second-order valence-electron chi connectivity index (χ2n) is 6.11. The number of rotatable bonds is 4. The average Bonchev–Trinajstić information content (AvgIpc) is 2.62. The summed E-state index contributed by atoms with van der Waals surface area (Å²) in [6.07, 6.45) is 0. The number of urea groups is 1. The maximum atomic E-state index is 13.5. The maximum Gasteiger partial charge on any atom is 0.325 e. The Bertz CT molecular complexity index is 775. The Hall–Kier alpha value is -2.48. The molecule has 0 aliphatic carbocycles. The number of amides is 3. The lowest BCUT2D eigenvalue weighted by Crippen LogP contribution is -2.50. The van der Waals surface area contributed by atoms with Crippen LogP contribution in [-0.4, -0.2) is 43.0 Å². The molecule has 0 radical (unpaired) electrons. The normalized spacial score (nSPS) is 16.9. The van der Waals surface area contributed by atoms with Gasteiger partial charge in [-0.1, -0.05) is 30.3 Å². The molecule has 3 N–H and O–H groups in total. The van der Waals surface area contributed by atoms with Crippen LogP contribution in [0.15, 0.2) is 54.6 Å². The number of nitrogens with one attached hydrogen (secondary N) is 3. The summed E-state index contributed by atoms with van der Waals surface area (Å²) in [6, 6.07) is 14.6. The number of piperazine rings is 1. The zero-order valence-corrected chi connectivity index (χ0v) is 15.5. The Morgan fingerprint density at radius 1 is 1.15 bits per heavy atom. The van der Waals surface area contributed by atoms with Crippen LogP contribution in [0.5, 0.6) is 0 Å². The largest absolute Gasteiger partial charge is 0.325 e. The number of anilines is 1. The summed E-state index contributed by atoms with van der Waals surface area (Å²) in [5.41, 5.74) is 1.41. The molecule has 0 bridgehead atoms. The molecule has 3 amide bonds. The molecular formula is C19H22ClFN4O2. The molecule has 2 aromatic rings. The number of para-hydroxylation sites is 1. The maximum absolute atomic E-state index is 13.5. The minimum Gasteiger partial charge on any atom is -0.314 e. The van der Waals surface area contributed by atoms with Gasteiger partial charge >= 0.3 is 6.03 Å². The van der Waals surface area contributed by atoms with E-state index in [0.29, 0.717) is 18.8 Å². The standard InChI is InChI=1S/C19H21FN4O2.ClH/c20-15-6-4-5-14(11-15)17-12-21-9-10-24(17)13-18(25)23-19(26)22-16-7-2-1-3-8-16;/h1-8,11,17,21H,9-10,12-13H2,(H2,22,23,25,26);1H. The fraction of sp³-hybridized carbons (Fsp3) is 0.263. The van der Waals surface area contributed by atoms with Gasteiger partial charge in [-0.15, -0.1) is 12.4 Å². The van der Waals surface area contributed by atoms with Crippen LogP contribution in [-0.2, 0) is 4.79 Å². The number of benzene rings is 2. The van der Waals surface area contributed by atoms with Gasteiger partial charge in [-0.2, -0.15) is 0 Å². The number of hydrogen-bond donors (Lipinski definition) is 3. The van der Waals surface area contributed by atoms with Crippen molar-refractivity contribution in [3.05, 3.63) is 66.0 Å². The van der Waals surface area contributed by atoms with Gasteiger partial charge in [-0.25, -0.2) is 9.18 Å². The van der Waals surface area contributed by atoms with Crippen LogP contribution >= 0.6 is 12.4 Å². The molecular weight excluding hydrogens is 371 g/mol. The Balaban J connectivity index is 0.00000261. The molecule has 1 saturated heterocycles. The van der Waals surface area contributed by atoms with Crippen LogP contribution in [0.1, 0.15) is 11.6 Å². The topological polar surface area (TPSA) is 73.5 Å². The molecule has 144 valence electrons. The minimum atomic E-state index is -0.571. The van der Waals surface area contributed by atoms with E-state index in [4.69, 9.17) is 0 Å². The first-order valence-electron chi connectivity index (χ1n) is 8.48. The van der Waals surface area contributed by atoms with Gasteiger partial charge in [0.1, 0.15) is 5.82 Å². The fourth-order valence-electron chi connectivity index (χ4n) is 3.01. The smallest absolute Gasteiger partial charge is 0.314 e. The first-order valence-corrected chi connectivity index (χ1v) is 8.48. The summed E-state index contributed by atoms with van der Waals surface area (Å²) in [7, 11) is 0. The zero-order chi connectivity index (χ0) is 18.4. The molecule has 1 aliphatic rings. The average molecular weight is 393 g/mol. The van der Waals surface area contributed by atoms with E-state index in [1.54, 1.807) is 30.3 Å². The van der Waals surface area contributed by atoms with Crippen LogP contribution < -0.4 is 16.0 Å². The molecule has 27 heavy (non-hydrogen) atoms. The highest BCUT2D eigenvalue weighted by Crippen LogP contribution is 2.22. The van der Waals surface area contributed by atoms with Crippen LogP contribution in [0, 0.1) is 5.82 Å². The summed E-state index contributed by atoms with van der Waals surface area (Å²) >= 11 is 0. The van der Waals surface area contributed by atoms with E-state index >= 15 is 0 Å². The molecule has 1 fully saturated rings. The van der Waals surface area contributed by atoms with Gasteiger partial charge in [0.15, 0.2) is 0 Å². The van der Waals surface area contributed by atoms with Gasteiger partial charge in [0.2, 0.25) is 5.91 Å². The highest BCUT2D eigenvalue weighted by Gasteiger charge is 2.26. The van der Waals surface area contributed by atoms with E-state index in [-0.39, 0.29) is 30.8 Å². The molecule has 2 aromatic carbocycles. The molecule has 1 heterocycles. The van der Waals surface area contributed by atoms with E-state index in [2.05, 4.69) is 16.0 Å². The number of carbonyl (C=O) groups excluding carboxylic acids is 2. The van der Waals surface area contributed by atoms with Gasteiger partial charge in [-0.3, -0.25) is 15.0 Å². The van der Waals surface area contributed by atoms with Gasteiger partial charge in [-0.05, 0) is 29.8 Å². The number of nitrogens with zero attached hydrogens (tertiary/aromatic N) is 1. The number of imide groups is 1. The van der Waals surface area contributed by atoms with E-state index in [9.17, 15) is 14.0 Å². The first kappa shape index (κ1) is 20.8. The summed E-state index contributed by atoms with van der Waals surface area (Å²) in [5.74, 6) is -0.707. The first-order chi connectivity index (χ1) is 12.6. The summed E-state index contributed by atoms with van der Waals surface area (Å²) in [6.45, 7) is 2.04. The van der Waals surface area contributed by atoms with Gasteiger partial charge in [0.25, 0.3) is 0 Å². The lowest BCUT2D eigenvalue weighted by atomic mass is 10.0. The molecule has 0 aromatic heterocycles. The summed E-state index contributed by atoms with van der Waals surface area (Å²) in [5, 5.41) is 8.20. The molecule has 1 atom stereocenters. The zero-order valence-electron chi connectivity index (χ0n) is 14.7. The highest BCUT2D eigenvalue weighted by molar-refractivity contribution is 6.01. The third kappa shape index (κ3) is 6.02. The second-order valence-corrected chi connectivity index (χ2v) is 6.11. The van der Waals surface area contributed by atoms with E-state index in [1.165, 1.54) is 12.1 Å². The predicted molar refractivity (Wildman–Crippen MR) is 104 cm³/mol. The van der Waals surface area contributed by atoms with Crippen molar-refractivity contribution in [2.75, 3.05) is 31.5 Å². The van der Waals surface area contributed by atoms with Crippen molar-refractivity contribution in [1.29, 1.82) is 0 Å². The molecule has 6 nitrogen and oxygen atoms in total. The van der Waals surface area contributed by atoms with Crippen LogP contribution in [0.2, 0.25) is 0 Å². The molecule has 0 spiro atoms. The lowest BCUT2D eigenvalue weighted by molar-refractivity contribution is -0.121. The lowest BCUT2D eigenvalue weighted by Gasteiger charge is -2.35. The molecule has 0 saturated carbocycles. The van der Waals surface area contributed by atoms with Crippen molar-refractivity contribution >= 4 is 30.0 Å². The van der Waals surface area contributed by atoms with Crippen molar-refractivity contribution in [3.8, 4) is 0 Å². The van der Waals surface area contributed by atoms with Gasteiger partial charge in [0.05, 0.1) is 6.54 Å². The van der Waals surface area contributed by atoms with Gasteiger partial charge in [0, 0.05) is 31.4 Å². The van der Waals surface area contributed by atoms with Crippen LogP contribution in [0.3, 0.4) is 0 Å². The monoisotopic (exact) mass is 392 g/mol.